The van der Waals surface area contributed by atoms with E-state index in [-0.39, 0.29) is 0 Å². The molecule has 0 unspecified atom stereocenters. The van der Waals surface area contributed by atoms with E-state index in [0.717, 1.165) is 18.1 Å². The second kappa shape index (κ2) is 2.84. The number of fused-ring (bicyclic) bond motifs is 1. The molecule has 62 valence electrons. The second-order valence-corrected chi connectivity index (χ2v) is 3.78. The Morgan fingerprint density at radius 1 is 1.18 bits per heavy atom. The molecule has 2 saturated carbocycles. The molecule has 0 spiro atoms. The van der Waals surface area contributed by atoms with E-state index in [4.69, 9.17) is 5.21 Å². The maximum atomic E-state index is 8.73. The van der Waals surface area contributed by atoms with E-state index >= 15 is 0 Å². The number of hydrogen-bond donors (Lipinski definition) is 1. The Balaban J connectivity index is 2.12. The molecule has 0 aliphatic heterocycles. The molecule has 1 N–H and O–H groups in total. The zero-order valence-corrected chi connectivity index (χ0v) is 6.79. The van der Waals surface area contributed by atoms with E-state index in [0.29, 0.717) is 5.92 Å². The van der Waals surface area contributed by atoms with Gasteiger partial charge in [-0.15, -0.1) is 0 Å². The van der Waals surface area contributed by atoms with E-state index in [2.05, 4.69) is 5.16 Å². The molecule has 0 bridgehead atoms. The molecule has 0 saturated heterocycles. The highest BCUT2D eigenvalue weighted by atomic mass is 16.4. The molecule has 0 radical (unpaired) electrons. The fraction of sp³-hybridized carbons (Fsp3) is 0.889. The minimum Gasteiger partial charge on any atom is -0.411 e. The van der Waals surface area contributed by atoms with Crippen molar-refractivity contribution in [3.63, 3.8) is 0 Å². The molecule has 0 amide bonds. The summed E-state index contributed by atoms with van der Waals surface area (Å²) in [6, 6.07) is 0. The fourth-order valence-electron chi connectivity index (χ4n) is 2.68. The van der Waals surface area contributed by atoms with Gasteiger partial charge in [0.1, 0.15) is 0 Å². The zero-order chi connectivity index (χ0) is 7.68. The van der Waals surface area contributed by atoms with Crippen molar-refractivity contribution in [2.45, 2.75) is 38.5 Å². The van der Waals surface area contributed by atoms with Gasteiger partial charge in [0.05, 0.1) is 5.71 Å². The van der Waals surface area contributed by atoms with Gasteiger partial charge in [0.2, 0.25) is 0 Å². The number of oxime groups is 1. The fourth-order valence-corrected chi connectivity index (χ4v) is 2.68. The number of hydrogen-bond acceptors (Lipinski definition) is 2. The van der Waals surface area contributed by atoms with Crippen LogP contribution in [0.25, 0.3) is 0 Å². The van der Waals surface area contributed by atoms with E-state index in [1.165, 1.54) is 32.1 Å². The molecule has 2 atom stereocenters. The van der Waals surface area contributed by atoms with E-state index in [1.807, 2.05) is 0 Å². The Morgan fingerprint density at radius 3 is 2.82 bits per heavy atom. The Kier molecular flexibility index (Phi) is 1.84. The first-order valence-electron chi connectivity index (χ1n) is 4.62. The molecule has 2 aliphatic rings. The van der Waals surface area contributed by atoms with Crippen LogP contribution in [0.5, 0.6) is 0 Å². The highest BCUT2D eigenvalue weighted by Crippen LogP contribution is 2.40. The standard InChI is InChI=1S/C9H15NO/c11-10-9-6-2-4-7-3-1-5-8(7)9/h7-8,11H,1-6H2/b10-9+/t7-,8-/m1/s1. The normalized spacial score (nSPS) is 40.9. The summed E-state index contributed by atoms with van der Waals surface area (Å²) in [6.07, 6.45) is 7.62. The Labute approximate surface area is 67.3 Å². The van der Waals surface area contributed by atoms with Crippen molar-refractivity contribution in [1.82, 2.24) is 0 Å². The molecule has 0 heterocycles. The first-order chi connectivity index (χ1) is 5.42. The lowest BCUT2D eigenvalue weighted by atomic mass is 9.80. The predicted octanol–water partition coefficient (Wildman–Crippen LogP) is 2.42. The molecule has 2 fully saturated rings. The van der Waals surface area contributed by atoms with Crippen LogP contribution in [0.3, 0.4) is 0 Å². The Hall–Kier alpha value is -0.530. The van der Waals surface area contributed by atoms with Crippen LogP contribution in [0, 0.1) is 11.8 Å². The largest absolute Gasteiger partial charge is 0.411 e. The van der Waals surface area contributed by atoms with Gasteiger partial charge < -0.3 is 5.21 Å². The van der Waals surface area contributed by atoms with Gasteiger partial charge in [0.25, 0.3) is 0 Å². The first-order valence-corrected chi connectivity index (χ1v) is 4.62. The molecule has 0 aromatic heterocycles. The lowest BCUT2D eigenvalue weighted by molar-refractivity contribution is 0.300. The summed E-state index contributed by atoms with van der Waals surface area (Å²) in [6.45, 7) is 0. The van der Waals surface area contributed by atoms with Crippen LogP contribution in [0.1, 0.15) is 38.5 Å². The molecular weight excluding hydrogens is 138 g/mol. The van der Waals surface area contributed by atoms with E-state index in [1.54, 1.807) is 0 Å². The first kappa shape index (κ1) is 7.14. The van der Waals surface area contributed by atoms with Crippen LogP contribution in [0.2, 0.25) is 0 Å². The van der Waals surface area contributed by atoms with E-state index in [9.17, 15) is 0 Å². The van der Waals surface area contributed by atoms with Crippen LogP contribution in [0.4, 0.5) is 0 Å². The van der Waals surface area contributed by atoms with Gasteiger partial charge in [0, 0.05) is 5.92 Å². The summed E-state index contributed by atoms with van der Waals surface area (Å²) in [5.74, 6) is 1.50. The monoisotopic (exact) mass is 153 g/mol. The minimum absolute atomic E-state index is 0.647. The third-order valence-corrected chi connectivity index (χ3v) is 3.22. The smallest absolute Gasteiger partial charge is 0.0604 e. The number of rotatable bonds is 0. The third-order valence-electron chi connectivity index (χ3n) is 3.22. The van der Waals surface area contributed by atoms with Crippen LogP contribution >= 0.6 is 0 Å². The van der Waals surface area contributed by atoms with Crippen LogP contribution < -0.4 is 0 Å². The summed E-state index contributed by atoms with van der Waals surface area (Å²) in [5.41, 5.74) is 1.08. The topological polar surface area (TPSA) is 32.6 Å². The van der Waals surface area contributed by atoms with E-state index < -0.39 is 0 Å². The summed E-state index contributed by atoms with van der Waals surface area (Å²) in [4.78, 5) is 0. The van der Waals surface area contributed by atoms with Crippen molar-refractivity contribution >= 4 is 5.71 Å². The van der Waals surface area contributed by atoms with Crippen molar-refractivity contribution in [2.24, 2.45) is 17.0 Å². The van der Waals surface area contributed by atoms with Crippen LogP contribution in [0.15, 0.2) is 5.16 Å². The van der Waals surface area contributed by atoms with Crippen LogP contribution in [-0.4, -0.2) is 10.9 Å². The van der Waals surface area contributed by atoms with Gasteiger partial charge in [-0.05, 0) is 38.0 Å². The molecule has 2 heteroatoms. The van der Waals surface area contributed by atoms with Crippen molar-refractivity contribution in [3.05, 3.63) is 0 Å². The average molecular weight is 153 g/mol. The summed E-state index contributed by atoms with van der Waals surface area (Å²) in [5, 5.41) is 12.1. The van der Waals surface area contributed by atoms with Crippen molar-refractivity contribution in [2.75, 3.05) is 0 Å². The quantitative estimate of drug-likeness (QED) is 0.420. The van der Waals surface area contributed by atoms with Gasteiger partial charge in [0.15, 0.2) is 0 Å². The maximum Gasteiger partial charge on any atom is 0.0604 e. The number of nitrogens with zero attached hydrogens (tertiary/aromatic N) is 1. The van der Waals surface area contributed by atoms with Crippen molar-refractivity contribution in [1.29, 1.82) is 0 Å². The molecule has 2 nitrogen and oxygen atoms in total. The SMILES string of the molecule is O/N=C1\CCC[C@H]2CCC[C@@H]12. The molecular formula is C9H15NO. The molecule has 11 heavy (non-hydrogen) atoms. The van der Waals surface area contributed by atoms with Gasteiger partial charge in [-0.3, -0.25) is 0 Å². The zero-order valence-electron chi connectivity index (χ0n) is 6.79. The Morgan fingerprint density at radius 2 is 2.00 bits per heavy atom. The lowest BCUT2D eigenvalue weighted by Crippen LogP contribution is -2.23. The van der Waals surface area contributed by atoms with Crippen LogP contribution in [-0.2, 0) is 0 Å². The summed E-state index contributed by atoms with van der Waals surface area (Å²) >= 11 is 0. The lowest BCUT2D eigenvalue weighted by Gasteiger charge is -2.25. The molecule has 2 rings (SSSR count). The second-order valence-electron chi connectivity index (χ2n) is 3.78. The van der Waals surface area contributed by atoms with Gasteiger partial charge in [-0.25, -0.2) is 0 Å². The minimum atomic E-state index is 0.647. The van der Waals surface area contributed by atoms with Gasteiger partial charge >= 0.3 is 0 Å². The summed E-state index contributed by atoms with van der Waals surface area (Å²) < 4.78 is 0. The van der Waals surface area contributed by atoms with Gasteiger partial charge in [-0.2, -0.15) is 0 Å². The van der Waals surface area contributed by atoms with Crippen molar-refractivity contribution < 1.29 is 5.21 Å². The highest BCUT2D eigenvalue weighted by molar-refractivity contribution is 5.87. The predicted molar refractivity (Wildman–Crippen MR) is 43.9 cm³/mol. The average Bonchev–Trinajstić information content (AvgIpc) is 2.50. The third kappa shape index (κ3) is 1.15. The highest BCUT2D eigenvalue weighted by Gasteiger charge is 2.33. The maximum absolute atomic E-state index is 8.73. The molecule has 0 aromatic carbocycles. The molecule has 0 aromatic rings. The summed E-state index contributed by atoms with van der Waals surface area (Å²) in [7, 11) is 0. The Bertz CT molecular complexity index is 176. The molecule has 2 aliphatic carbocycles. The van der Waals surface area contributed by atoms with Gasteiger partial charge in [-0.1, -0.05) is 11.6 Å². The van der Waals surface area contributed by atoms with Crippen molar-refractivity contribution in [3.8, 4) is 0 Å².